The van der Waals surface area contributed by atoms with Crippen LogP contribution in [0, 0.1) is 5.82 Å². The fraction of sp³-hybridized carbons (Fsp3) is 0.500. The Morgan fingerprint density at radius 3 is 3.00 bits per heavy atom. The molecule has 0 spiro atoms. The number of piperidine rings is 1. The number of hydrogen-bond donors (Lipinski definition) is 1. The van der Waals surface area contributed by atoms with Gasteiger partial charge in [0.25, 0.3) is 5.91 Å². The lowest BCUT2D eigenvalue weighted by atomic mass is 9.98. The van der Waals surface area contributed by atoms with Gasteiger partial charge >= 0.3 is 0 Å². The summed E-state index contributed by atoms with van der Waals surface area (Å²) in [5.41, 5.74) is 0.0114. The molecule has 1 aromatic rings. The van der Waals surface area contributed by atoms with Crippen LogP contribution < -0.4 is 0 Å². The monoisotopic (exact) mass is 285 g/mol. The SMILES string of the molecule is O=C(c1cccc(Cl)c1F)N1CCCCC1CCO. The average Bonchev–Trinajstić information content (AvgIpc) is 2.42. The first-order valence-corrected chi connectivity index (χ1v) is 6.88. The van der Waals surface area contributed by atoms with Crippen molar-refractivity contribution >= 4 is 17.5 Å². The molecule has 2 rings (SSSR count). The van der Waals surface area contributed by atoms with Gasteiger partial charge < -0.3 is 10.0 Å². The lowest BCUT2D eigenvalue weighted by Crippen LogP contribution is -2.44. The van der Waals surface area contributed by atoms with Crippen molar-refractivity contribution in [3.8, 4) is 0 Å². The van der Waals surface area contributed by atoms with Crippen molar-refractivity contribution in [1.82, 2.24) is 4.90 Å². The summed E-state index contributed by atoms with van der Waals surface area (Å²) in [6.07, 6.45) is 3.34. The van der Waals surface area contributed by atoms with Gasteiger partial charge in [0.15, 0.2) is 5.82 Å². The molecule has 0 saturated carbocycles. The third-order valence-corrected chi connectivity index (χ3v) is 3.82. The van der Waals surface area contributed by atoms with Gasteiger partial charge in [-0.05, 0) is 37.8 Å². The van der Waals surface area contributed by atoms with Gasteiger partial charge in [-0.3, -0.25) is 4.79 Å². The van der Waals surface area contributed by atoms with Crippen molar-refractivity contribution in [3.05, 3.63) is 34.6 Å². The fourth-order valence-electron chi connectivity index (χ4n) is 2.54. The highest BCUT2D eigenvalue weighted by molar-refractivity contribution is 6.31. The number of amides is 1. The molecule has 1 aliphatic heterocycles. The average molecular weight is 286 g/mol. The molecule has 0 bridgehead atoms. The highest BCUT2D eigenvalue weighted by Gasteiger charge is 2.28. The first kappa shape index (κ1) is 14.3. The van der Waals surface area contributed by atoms with E-state index in [9.17, 15) is 9.18 Å². The molecule has 1 atom stereocenters. The van der Waals surface area contributed by atoms with Gasteiger partial charge in [-0.1, -0.05) is 17.7 Å². The van der Waals surface area contributed by atoms with E-state index in [0.717, 1.165) is 19.3 Å². The van der Waals surface area contributed by atoms with E-state index in [2.05, 4.69) is 0 Å². The Labute approximate surface area is 117 Å². The summed E-state index contributed by atoms with van der Waals surface area (Å²) in [6.45, 7) is 0.641. The van der Waals surface area contributed by atoms with E-state index in [4.69, 9.17) is 16.7 Å². The minimum Gasteiger partial charge on any atom is -0.396 e. The van der Waals surface area contributed by atoms with E-state index in [1.807, 2.05) is 0 Å². The molecule has 5 heteroatoms. The smallest absolute Gasteiger partial charge is 0.257 e. The molecule has 0 aromatic heterocycles. The van der Waals surface area contributed by atoms with Gasteiger partial charge in [-0.25, -0.2) is 4.39 Å². The maximum atomic E-state index is 13.9. The van der Waals surface area contributed by atoms with Gasteiger partial charge in [0.2, 0.25) is 0 Å². The molecule has 104 valence electrons. The summed E-state index contributed by atoms with van der Waals surface area (Å²) in [4.78, 5) is 14.1. The second-order valence-corrected chi connectivity index (χ2v) is 5.17. The van der Waals surface area contributed by atoms with Crippen molar-refractivity contribution in [3.63, 3.8) is 0 Å². The highest BCUT2D eigenvalue weighted by Crippen LogP contribution is 2.25. The van der Waals surface area contributed by atoms with Crippen molar-refractivity contribution in [2.45, 2.75) is 31.7 Å². The first-order valence-electron chi connectivity index (χ1n) is 6.51. The van der Waals surface area contributed by atoms with Gasteiger partial charge in [0.1, 0.15) is 0 Å². The summed E-state index contributed by atoms with van der Waals surface area (Å²) in [5, 5.41) is 9.01. The third-order valence-electron chi connectivity index (χ3n) is 3.53. The number of benzene rings is 1. The number of aliphatic hydroxyl groups is 1. The van der Waals surface area contributed by atoms with Crippen LogP contribution in [0.4, 0.5) is 4.39 Å². The van der Waals surface area contributed by atoms with Crippen molar-refractivity contribution in [2.24, 2.45) is 0 Å². The Balaban J connectivity index is 2.23. The largest absolute Gasteiger partial charge is 0.396 e. The zero-order chi connectivity index (χ0) is 13.8. The van der Waals surface area contributed by atoms with Crippen LogP contribution in [0.2, 0.25) is 5.02 Å². The van der Waals surface area contributed by atoms with Crippen LogP contribution in [0.5, 0.6) is 0 Å². The van der Waals surface area contributed by atoms with E-state index >= 15 is 0 Å². The van der Waals surface area contributed by atoms with Crippen LogP contribution >= 0.6 is 11.6 Å². The summed E-state index contributed by atoms with van der Waals surface area (Å²) in [7, 11) is 0. The van der Waals surface area contributed by atoms with E-state index in [1.165, 1.54) is 12.1 Å². The second kappa shape index (κ2) is 6.35. The van der Waals surface area contributed by atoms with Gasteiger partial charge in [0, 0.05) is 19.2 Å². The second-order valence-electron chi connectivity index (χ2n) is 4.76. The normalized spacial score (nSPS) is 19.5. The topological polar surface area (TPSA) is 40.5 Å². The summed E-state index contributed by atoms with van der Waals surface area (Å²) in [5.74, 6) is -0.999. The van der Waals surface area contributed by atoms with Crippen molar-refractivity contribution < 1.29 is 14.3 Å². The standard InChI is InChI=1S/C14H17ClFNO2/c15-12-6-3-5-11(13(12)16)14(19)17-8-2-1-4-10(17)7-9-18/h3,5-6,10,18H,1-2,4,7-9H2. The third kappa shape index (κ3) is 3.07. The number of likely N-dealkylation sites (tertiary alicyclic amines) is 1. The summed E-state index contributed by atoms with van der Waals surface area (Å²) < 4.78 is 13.9. The van der Waals surface area contributed by atoms with Crippen LogP contribution in [-0.4, -0.2) is 35.1 Å². The maximum absolute atomic E-state index is 13.9. The van der Waals surface area contributed by atoms with Crippen LogP contribution in [0.25, 0.3) is 0 Å². The number of rotatable bonds is 3. The molecular weight excluding hydrogens is 269 g/mol. The molecule has 1 heterocycles. The van der Waals surface area contributed by atoms with Crippen LogP contribution in [-0.2, 0) is 0 Å². The van der Waals surface area contributed by atoms with Crippen molar-refractivity contribution in [2.75, 3.05) is 13.2 Å². The Morgan fingerprint density at radius 2 is 2.26 bits per heavy atom. The quantitative estimate of drug-likeness (QED) is 0.928. The first-order chi connectivity index (χ1) is 9.15. The number of carbonyl (C=O) groups is 1. The van der Waals surface area contributed by atoms with Crippen LogP contribution in [0.1, 0.15) is 36.0 Å². The minimum absolute atomic E-state index is 0.00960. The molecule has 19 heavy (non-hydrogen) atoms. The molecule has 0 aliphatic carbocycles. The van der Waals surface area contributed by atoms with E-state index in [0.29, 0.717) is 13.0 Å². The number of hydrogen-bond acceptors (Lipinski definition) is 2. The van der Waals surface area contributed by atoms with Gasteiger partial charge in [-0.2, -0.15) is 0 Å². The lowest BCUT2D eigenvalue weighted by Gasteiger charge is -2.35. The zero-order valence-corrected chi connectivity index (χ0v) is 11.4. The Morgan fingerprint density at radius 1 is 1.47 bits per heavy atom. The van der Waals surface area contributed by atoms with E-state index in [1.54, 1.807) is 11.0 Å². The Kier molecular flexibility index (Phi) is 4.77. The van der Waals surface area contributed by atoms with Crippen molar-refractivity contribution in [1.29, 1.82) is 0 Å². The molecule has 1 unspecified atom stereocenters. The highest BCUT2D eigenvalue weighted by atomic mass is 35.5. The van der Waals surface area contributed by atoms with Gasteiger partial charge in [-0.15, -0.1) is 0 Å². The molecule has 1 aromatic carbocycles. The molecule has 1 fully saturated rings. The summed E-state index contributed by atoms with van der Waals surface area (Å²) in [6, 6.07) is 4.44. The lowest BCUT2D eigenvalue weighted by molar-refractivity contribution is 0.0570. The minimum atomic E-state index is -0.664. The van der Waals surface area contributed by atoms with Gasteiger partial charge in [0.05, 0.1) is 10.6 Å². The number of nitrogens with zero attached hydrogens (tertiary/aromatic N) is 1. The maximum Gasteiger partial charge on any atom is 0.257 e. The van der Waals surface area contributed by atoms with Crippen LogP contribution in [0.3, 0.4) is 0 Å². The molecule has 1 amide bonds. The van der Waals surface area contributed by atoms with Crippen LogP contribution in [0.15, 0.2) is 18.2 Å². The predicted octanol–water partition coefficient (Wildman–Crippen LogP) is 2.86. The van der Waals surface area contributed by atoms with E-state index < -0.39 is 5.82 Å². The zero-order valence-electron chi connectivity index (χ0n) is 10.6. The molecular formula is C14H17ClFNO2. The van der Waals surface area contributed by atoms with E-state index in [-0.39, 0.29) is 29.1 Å². The Hall–Kier alpha value is -1.13. The molecule has 1 N–H and O–H groups in total. The fourth-order valence-corrected chi connectivity index (χ4v) is 2.72. The molecule has 1 saturated heterocycles. The molecule has 1 aliphatic rings. The summed E-state index contributed by atoms with van der Waals surface area (Å²) >= 11 is 5.71. The number of aliphatic hydroxyl groups excluding tert-OH is 1. The molecule has 3 nitrogen and oxygen atoms in total. The Bertz CT molecular complexity index is 465. The molecule has 0 radical (unpaired) electrons. The number of halogens is 2. The predicted molar refractivity (Wildman–Crippen MR) is 71.8 cm³/mol. The number of carbonyl (C=O) groups excluding carboxylic acids is 1.